The molecule has 2 heterocycles. The van der Waals surface area contributed by atoms with E-state index < -0.39 is 0 Å². The maximum Gasteiger partial charge on any atom is 0.0931 e. The molecule has 2 aromatic heterocycles. The van der Waals surface area contributed by atoms with Crippen molar-refractivity contribution in [3.63, 3.8) is 0 Å². The highest BCUT2D eigenvalue weighted by atomic mass is 35.5. The highest BCUT2D eigenvalue weighted by Crippen LogP contribution is 2.33. The Bertz CT molecular complexity index is 532. The van der Waals surface area contributed by atoms with E-state index in [1.54, 1.807) is 22.7 Å². The lowest BCUT2D eigenvalue weighted by Crippen LogP contribution is -2.47. The Balaban J connectivity index is 2.17. The molecular formula is C15H21ClN2S2. The van der Waals surface area contributed by atoms with E-state index in [2.05, 4.69) is 61.7 Å². The first kappa shape index (κ1) is 16.0. The molecule has 0 radical (unpaired) electrons. The molecule has 0 bridgehead atoms. The van der Waals surface area contributed by atoms with Gasteiger partial charge in [-0.15, -0.1) is 22.7 Å². The minimum Gasteiger partial charge on any atom is -0.303 e. The third-order valence-corrected chi connectivity index (χ3v) is 5.89. The lowest BCUT2D eigenvalue weighted by Gasteiger charge is -2.34. The maximum absolute atomic E-state index is 6.09. The van der Waals surface area contributed by atoms with Crippen molar-refractivity contribution in [3.8, 4) is 0 Å². The number of nitrogens with zero attached hydrogens (tertiary/aromatic N) is 1. The van der Waals surface area contributed by atoms with Crippen molar-refractivity contribution in [1.29, 1.82) is 0 Å². The van der Waals surface area contributed by atoms with Gasteiger partial charge in [-0.1, -0.05) is 17.7 Å². The van der Waals surface area contributed by atoms with Crippen LogP contribution in [0.4, 0.5) is 0 Å². The quantitative estimate of drug-likeness (QED) is 0.841. The topological polar surface area (TPSA) is 15.3 Å². The fourth-order valence-electron chi connectivity index (χ4n) is 1.79. The molecule has 2 rings (SSSR count). The number of thiophene rings is 2. The van der Waals surface area contributed by atoms with Gasteiger partial charge >= 0.3 is 0 Å². The van der Waals surface area contributed by atoms with Crippen molar-refractivity contribution in [2.45, 2.75) is 25.4 Å². The van der Waals surface area contributed by atoms with Crippen LogP contribution in [0.25, 0.3) is 0 Å². The number of rotatable bonds is 6. The highest BCUT2D eigenvalue weighted by Gasteiger charge is 2.24. The highest BCUT2D eigenvalue weighted by molar-refractivity contribution is 7.16. The summed E-state index contributed by atoms with van der Waals surface area (Å²) in [5.74, 6) is 0. The van der Waals surface area contributed by atoms with Crippen molar-refractivity contribution < 1.29 is 0 Å². The number of likely N-dealkylation sites (N-methyl/N-ethyl adjacent to an activating group) is 1. The van der Waals surface area contributed by atoms with Crippen LogP contribution in [-0.2, 0) is 0 Å². The largest absolute Gasteiger partial charge is 0.303 e. The van der Waals surface area contributed by atoms with Crippen LogP contribution >= 0.6 is 34.3 Å². The first-order valence-electron chi connectivity index (χ1n) is 6.59. The summed E-state index contributed by atoms with van der Waals surface area (Å²) in [7, 11) is 4.23. The van der Waals surface area contributed by atoms with E-state index in [-0.39, 0.29) is 11.6 Å². The summed E-state index contributed by atoms with van der Waals surface area (Å²) in [4.78, 5) is 4.84. The molecule has 0 aromatic carbocycles. The second-order valence-corrected chi connectivity index (χ2v) is 8.40. The van der Waals surface area contributed by atoms with Crippen LogP contribution in [0.1, 0.15) is 29.6 Å². The fourth-order valence-corrected chi connectivity index (χ4v) is 3.84. The van der Waals surface area contributed by atoms with Gasteiger partial charge < -0.3 is 10.2 Å². The summed E-state index contributed by atoms with van der Waals surface area (Å²) in [6, 6.07) is 8.60. The van der Waals surface area contributed by atoms with Crippen LogP contribution in [0.15, 0.2) is 29.6 Å². The molecule has 20 heavy (non-hydrogen) atoms. The maximum atomic E-state index is 6.09. The molecule has 110 valence electrons. The molecule has 0 aliphatic heterocycles. The Hall–Kier alpha value is -0.390. The molecule has 2 aromatic rings. The molecule has 0 fully saturated rings. The monoisotopic (exact) mass is 328 g/mol. The Kier molecular flexibility index (Phi) is 5.26. The summed E-state index contributed by atoms with van der Waals surface area (Å²) >= 11 is 9.52. The molecular weight excluding hydrogens is 308 g/mol. The van der Waals surface area contributed by atoms with Gasteiger partial charge in [0.1, 0.15) is 0 Å². The molecule has 1 unspecified atom stereocenters. The van der Waals surface area contributed by atoms with Crippen LogP contribution in [0, 0.1) is 0 Å². The van der Waals surface area contributed by atoms with E-state index in [4.69, 9.17) is 11.6 Å². The molecule has 2 nitrogen and oxygen atoms in total. The Labute approximate surface area is 134 Å². The number of hydrogen-bond donors (Lipinski definition) is 1. The summed E-state index contributed by atoms with van der Waals surface area (Å²) in [6.45, 7) is 5.40. The Morgan fingerprint density at radius 3 is 2.50 bits per heavy atom. The second kappa shape index (κ2) is 6.58. The second-order valence-electron chi connectivity index (χ2n) is 5.68. The first-order chi connectivity index (χ1) is 9.40. The lowest BCUT2D eigenvalue weighted by atomic mass is 10.0. The van der Waals surface area contributed by atoms with Gasteiger partial charge in [-0.3, -0.25) is 0 Å². The van der Waals surface area contributed by atoms with Crippen LogP contribution in [0.3, 0.4) is 0 Å². The Morgan fingerprint density at radius 1 is 1.25 bits per heavy atom. The van der Waals surface area contributed by atoms with Gasteiger partial charge in [0.2, 0.25) is 0 Å². The zero-order chi connectivity index (χ0) is 14.8. The number of halogens is 1. The SMILES string of the molecule is CN(C)C(C)(C)CNC(c1cccs1)c1ccc(Cl)s1. The number of nitrogens with one attached hydrogen (secondary N) is 1. The van der Waals surface area contributed by atoms with Gasteiger partial charge in [0, 0.05) is 21.8 Å². The van der Waals surface area contributed by atoms with Gasteiger partial charge in [-0.2, -0.15) is 0 Å². The molecule has 1 N–H and O–H groups in total. The van der Waals surface area contributed by atoms with E-state index in [9.17, 15) is 0 Å². The van der Waals surface area contributed by atoms with Crippen molar-refractivity contribution >= 4 is 34.3 Å². The minimum atomic E-state index is 0.108. The van der Waals surface area contributed by atoms with Crippen molar-refractivity contribution in [2.75, 3.05) is 20.6 Å². The lowest BCUT2D eigenvalue weighted by molar-refractivity contribution is 0.187. The minimum absolute atomic E-state index is 0.108. The van der Waals surface area contributed by atoms with E-state index >= 15 is 0 Å². The van der Waals surface area contributed by atoms with E-state index in [0.29, 0.717) is 0 Å². The molecule has 1 atom stereocenters. The van der Waals surface area contributed by atoms with Gasteiger partial charge in [-0.25, -0.2) is 0 Å². The van der Waals surface area contributed by atoms with E-state index in [0.717, 1.165) is 10.9 Å². The van der Waals surface area contributed by atoms with Crippen LogP contribution in [0.2, 0.25) is 4.34 Å². The summed E-state index contributed by atoms with van der Waals surface area (Å²) in [5.41, 5.74) is 0.108. The molecule has 0 spiro atoms. The summed E-state index contributed by atoms with van der Waals surface area (Å²) in [6.07, 6.45) is 0. The van der Waals surface area contributed by atoms with E-state index in [1.807, 2.05) is 6.07 Å². The predicted octanol–water partition coefficient (Wildman–Crippen LogP) is 4.48. The summed E-state index contributed by atoms with van der Waals surface area (Å²) in [5, 5.41) is 5.82. The smallest absolute Gasteiger partial charge is 0.0931 e. The average molecular weight is 329 g/mol. The molecule has 5 heteroatoms. The molecule has 0 amide bonds. The van der Waals surface area contributed by atoms with Crippen LogP contribution in [0.5, 0.6) is 0 Å². The molecule has 0 aliphatic carbocycles. The van der Waals surface area contributed by atoms with Crippen molar-refractivity contribution in [1.82, 2.24) is 10.2 Å². The van der Waals surface area contributed by atoms with Crippen LogP contribution in [-0.4, -0.2) is 31.1 Å². The van der Waals surface area contributed by atoms with Gasteiger partial charge in [0.05, 0.1) is 10.4 Å². The molecule has 0 saturated carbocycles. The van der Waals surface area contributed by atoms with Gasteiger partial charge in [0.25, 0.3) is 0 Å². The third kappa shape index (κ3) is 3.83. The molecule has 0 aliphatic rings. The number of hydrogen-bond acceptors (Lipinski definition) is 4. The van der Waals surface area contributed by atoms with Crippen molar-refractivity contribution in [3.05, 3.63) is 43.7 Å². The standard InChI is InChI=1S/C15H21ClN2S2/c1-15(2,18(3)4)10-17-14(11-6-5-9-19-11)12-7-8-13(16)20-12/h5-9,14,17H,10H2,1-4H3. The third-order valence-electron chi connectivity index (χ3n) is 3.66. The Morgan fingerprint density at radius 2 is 2.00 bits per heavy atom. The van der Waals surface area contributed by atoms with E-state index in [1.165, 1.54) is 9.75 Å². The van der Waals surface area contributed by atoms with Gasteiger partial charge in [0.15, 0.2) is 0 Å². The summed E-state index contributed by atoms with van der Waals surface area (Å²) < 4.78 is 0.843. The van der Waals surface area contributed by atoms with Crippen LogP contribution < -0.4 is 5.32 Å². The van der Waals surface area contributed by atoms with Crippen molar-refractivity contribution in [2.24, 2.45) is 0 Å². The molecule has 0 saturated heterocycles. The normalized spacial score (nSPS) is 13.9. The van der Waals surface area contributed by atoms with Gasteiger partial charge in [-0.05, 0) is 51.5 Å². The predicted molar refractivity (Wildman–Crippen MR) is 91.3 cm³/mol. The fraction of sp³-hybridized carbons (Fsp3) is 0.467. The zero-order valence-corrected chi connectivity index (χ0v) is 14.7. The average Bonchev–Trinajstić information content (AvgIpc) is 3.01. The zero-order valence-electron chi connectivity index (χ0n) is 12.3. The first-order valence-corrected chi connectivity index (χ1v) is 8.67.